The van der Waals surface area contributed by atoms with Crippen molar-refractivity contribution in [3.8, 4) is 33.4 Å². The predicted octanol–water partition coefficient (Wildman–Crippen LogP) is 14.3. The molecule has 11 rings (SSSR count). The summed E-state index contributed by atoms with van der Waals surface area (Å²) in [6, 6.07) is 42.1. The Hall–Kier alpha value is -7.44. The Kier molecular flexibility index (Phi) is 9.68. The minimum Gasteiger partial charge on any atom is -0.354 e. The molecule has 0 amide bonds. The summed E-state index contributed by atoms with van der Waals surface area (Å²) in [6.07, 6.45) is 11.9. The molecule has 1 fully saturated rings. The average molecular weight is 833 g/mol. The van der Waals surface area contributed by atoms with E-state index >= 15 is 0 Å². The summed E-state index contributed by atoms with van der Waals surface area (Å²) >= 11 is 0. The lowest BCUT2D eigenvalue weighted by atomic mass is 9.70. The summed E-state index contributed by atoms with van der Waals surface area (Å²) in [5, 5.41) is 0. The zero-order valence-electron chi connectivity index (χ0n) is 36.6. The number of carbonyl (C=O) groups is 2. The number of nitrogens with one attached hydrogen (secondary N) is 2. The smallest absolute Gasteiger partial charge is 0.190 e. The molecule has 8 bridgehead atoms. The van der Waals surface area contributed by atoms with Crippen LogP contribution in [0.2, 0.25) is 0 Å². The third-order valence-electron chi connectivity index (χ3n) is 13.8. The van der Waals surface area contributed by atoms with Crippen LogP contribution in [0.15, 0.2) is 132 Å². The molecule has 1 saturated carbocycles. The summed E-state index contributed by atoms with van der Waals surface area (Å²) in [7, 11) is 0. The normalized spacial score (nSPS) is 17.0. The van der Waals surface area contributed by atoms with Gasteiger partial charge in [0.25, 0.3) is 0 Å². The molecule has 7 aromatic rings. The highest BCUT2D eigenvalue weighted by Gasteiger charge is 2.37. The third kappa shape index (κ3) is 6.81. The first-order chi connectivity index (χ1) is 31.2. The van der Waals surface area contributed by atoms with Crippen molar-refractivity contribution in [1.82, 2.24) is 19.9 Å². The molecule has 2 N–H and O–H groups in total. The monoisotopic (exact) mass is 832 g/mol. The zero-order valence-corrected chi connectivity index (χ0v) is 36.6. The lowest BCUT2D eigenvalue weighted by Crippen LogP contribution is -2.27. The molecule has 0 saturated heterocycles. The highest BCUT2D eigenvalue weighted by molar-refractivity contribution is 6.26. The van der Waals surface area contributed by atoms with Crippen LogP contribution in [0.1, 0.15) is 104 Å². The number of allylic oxidation sites excluding steroid dienone is 2. The van der Waals surface area contributed by atoms with Gasteiger partial charge >= 0.3 is 0 Å². The molecule has 3 aromatic heterocycles. The van der Waals surface area contributed by atoms with Crippen LogP contribution in [-0.4, -0.2) is 31.5 Å². The molecule has 2 aliphatic carbocycles. The van der Waals surface area contributed by atoms with E-state index in [1.807, 2.05) is 19.1 Å². The number of hydrogen-bond acceptors (Lipinski definition) is 4. The van der Waals surface area contributed by atoms with Gasteiger partial charge in [-0.15, -0.1) is 0 Å². The number of rotatable bonds is 5. The maximum atomic E-state index is 14.0. The Balaban J connectivity index is 1.15. The minimum atomic E-state index is -0.0323. The molecule has 0 unspecified atom stereocenters. The summed E-state index contributed by atoms with van der Waals surface area (Å²) in [5.41, 5.74) is 21.0. The number of benzene rings is 4. The standard InChI is InChI=1S/C58H48N4O2/c1-33-9-15-38(16-10-33)53-44-25-27-46(59-44)54(39-17-11-34(2)12-18-39)48-29-31-50(61-48)56(41-23-21-37(22-24-41)52-36(4)57(63)42-7-5-6-8-43(42)58(52)64)51-32-30-49(62-51)55(47-28-26-45(53)60-47)40-19-13-35(3)14-20-40/h5-20,25-32,37,41,59-60H,21-24H2,1-4H3. The van der Waals surface area contributed by atoms with Crippen molar-refractivity contribution in [2.24, 2.45) is 5.92 Å². The van der Waals surface area contributed by atoms with Gasteiger partial charge in [-0.25, -0.2) is 9.97 Å². The Morgan fingerprint density at radius 1 is 0.422 bits per heavy atom. The molecule has 6 heteroatoms. The Morgan fingerprint density at radius 2 is 0.797 bits per heavy atom. The van der Waals surface area contributed by atoms with Crippen molar-refractivity contribution in [2.45, 2.75) is 59.3 Å². The number of hydrogen-bond donors (Lipinski definition) is 2. The summed E-state index contributed by atoms with van der Waals surface area (Å²) in [5.74, 6) is 0.109. The van der Waals surface area contributed by atoms with Crippen molar-refractivity contribution in [3.05, 3.63) is 189 Å². The summed E-state index contributed by atoms with van der Waals surface area (Å²) in [6.45, 7) is 8.19. The van der Waals surface area contributed by atoms with Crippen molar-refractivity contribution in [1.29, 1.82) is 0 Å². The van der Waals surface area contributed by atoms with Gasteiger partial charge in [0.1, 0.15) is 0 Å². The predicted molar refractivity (Wildman–Crippen MR) is 262 cm³/mol. The van der Waals surface area contributed by atoms with E-state index in [-0.39, 0.29) is 23.4 Å². The molecule has 0 atom stereocenters. The minimum absolute atomic E-state index is 0.0000714. The molecule has 5 heterocycles. The molecule has 4 aromatic carbocycles. The third-order valence-corrected chi connectivity index (χ3v) is 13.8. The number of aromatic amines is 2. The van der Waals surface area contributed by atoms with Gasteiger partial charge in [-0.05, 0) is 130 Å². The molecule has 6 nitrogen and oxygen atoms in total. The lowest BCUT2D eigenvalue weighted by Gasteiger charge is -2.32. The van der Waals surface area contributed by atoms with Gasteiger partial charge in [0, 0.05) is 66.6 Å². The first-order valence-corrected chi connectivity index (χ1v) is 22.4. The Morgan fingerprint density at radius 3 is 1.25 bits per heavy atom. The van der Waals surface area contributed by atoms with E-state index in [9.17, 15) is 9.59 Å². The number of nitrogens with zero attached hydrogens (tertiary/aromatic N) is 2. The second-order valence-corrected chi connectivity index (χ2v) is 17.9. The number of aryl methyl sites for hydroxylation is 3. The Labute approximate surface area is 373 Å². The van der Waals surface area contributed by atoms with Crippen LogP contribution in [0.25, 0.3) is 79.8 Å². The van der Waals surface area contributed by atoms with Gasteiger partial charge in [0.2, 0.25) is 0 Å². The molecular formula is C58H48N4O2. The number of carbonyl (C=O) groups excluding carboxylic acids is 2. The number of ketones is 2. The maximum absolute atomic E-state index is 14.0. The van der Waals surface area contributed by atoms with Crippen molar-refractivity contribution >= 4 is 57.9 Å². The number of Topliss-reactive ketones (excluding diaryl/α,β-unsaturated/α-hetero) is 2. The van der Waals surface area contributed by atoms with E-state index in [1.54, 1.807) is 12.1 Å². The lowest BCUT2D eigenvalue weighted by molar-refractivity contribution is 0.0960. The highest BCUT2D eigenvalue weighted by atomic mass is 16.1. The van der Waals surface area contributed by atoms with Crippen LogP contribution >= 0.6 is 0 Å². The molecule has 4 aliphatic rings. The topological polar surface area (TPSA) is 91.5 Å². The molecule has 0 radical (unpaired) electrons. The fraction of sp³-hybridized carbons (Fsp3) is 0.172. The van der Waals surface area contributed by atoms with Crippen LogP contribution in [0.3, 0.4) is 0 Å². The van der Waals surface area contributed by atoms with E-state index in [2.05, 4.69) is 152 Å². The fourth-order valence-corrected chi connectivity index (χ4v) is 10.4. The van der Waals surface area contributed by atoms with E-state index < -0.39 is 0 Å². The number of fused-ring (bicyclic) bond motifs is 9. The molecule has 64 heavy (non-hydrogen) atoms. The van der Waals surface area contributed by atoms with Crippen LogP contribution in [-0.2, 0) is 0 Å². The molecule has 2 aliphatic heterocycles. The van der Waals surface area contributed by atoms with Crippen molar-refractivity contribution in [2.75, 3.05) is 0 Å². The second kappa shape index (κ2) is 15.7. The molecular weight excluding hydrogens is 785 g/mol. The van der Waals surface area contributed by atoms with Gasteiger partial charge in [-0.1, -0.05) is 114 Å². The van der Waals surface area contributed by atoms with Gasteiger partial charge in [-0.3, -0.25) is 9.59 Å². The average Bonchev–Trinajstić information content (AvgIpc) is 4.16. The van der Waals surface area contributed by atoms with E-state index in [0.717, 1.165) is 109 Å². The van der Waals surface area contributed by atoms with Crippen molar-refractivity contribution in [3.63, 3.8) is 0 Å². The summed E-state index contributed by atoms with van der Waals surface area (Å²) < 4.78 is 0. The van der Waals surface area contributed by atoms with Crippen LogP contribution < -0.4 is 0 Å². The van der Waals surface area contributed by atoms with Gasteiger partial charge < -0.3 is 9.97 Å². The van der Waals surface area contributed by atoms with Crippen LogP contribution in [0.5, 0.6) is 0 Å². The first kappa shape index (κ1) is 39.4. The molecule has 312 valence electrons. The van der Waals surface area contributed by atoms with Gasteiger partial charge in [-0.2, -0.15) is 0 Å². The first-order valence-electron chi connectivity index (χ1n) is 22.4. The highest BCUT2D eigenvalue weighted by Crippen LogP contribution is 2.45. The zero-order chi connectivity index (χ0) is 43.6. The van der Waals surface area contributed by atoms with E-state index in [0.29, 0.717) is 22.3 Å². The SMILES string of the molecule is CC1=C(C2CCC(c3c4nc(c(-c5ccc(C)cc5)c5ccc([nH]5)c(-c5ccc(C)cc5)c5ccc([nH]5)c(-c5ccc(C)cc5)c5nc3C=C5)C=C4)CC2)C(=O)c2ccccc2C1=O. The summed E-state index contributed by atoms with van der Waals surface area (Å²) in [4.78, 5) is 46.4. The van der Waals surface area contributed by atoms with E-state index in [4.69, 9.17) is 9.97 Å². The number of aromatic nitrogens is 4. The Bertz CT molecular complexity index is 3190. The second-order valence-electron chi connectivity index (χ2n) is 17.9. The maximum Gasteiger partial charge on any atom is 0.190 e. The fourth-order valence-electron chi connectivity index (χ4n) is 10.4. The quantitative estimate of drug-likeness (QED) is 0.181. The van der Waals surface area contributed by atoms with Gasteiger partial charge in [0.15, 0.2) is 11.6 Å². The van der Waals surface area contributed by atoms with Crippen LogP contribution in [0, 0.1) is 26.7 Å². The van der Waals surface area contributed by atoms with Crippen molar-refractivity contribution < 1.29 is 9.59 Å². The van der Waals surface area contributed by atoms with Crippen LogP contribution in [0.4, 0.5) is 0 Å². The van der Waals surface area contributed by atoms with Gasteiger partial charge in [0.05, 0.1) is 22.8 Å². The largest absolute Gasteiger partial charge is 0.354 e. The number of H-pyrrole nitrogens is 2. The molecule has 0 spiro atoms. The van der Waals surface area contributed by atoms with E-state index in [1.165, 1.54) is 16.7 Å².